The lowest BCUT2D eigenvalue weighted by molar-refractivity contribution is -0.123. The highest BCUT2D eigenvalue weighted by atomic mass is 35.5. The molecule has 0 aliphatic heterocycles. The maximum Gasteiger partial charge on any atom is 0.293 e. The van der Waals surface area contributed by atoms with Crippen LogP contribution in [0.1, 0.15) is 60.1 Å². The van der Waals surface area contributed by atoms with E-state index in [4.69, 9.17) is 16.6 Å². The van der Waals surface area contributed by atoms with Gasteiger partial charge in [0.25, 0.3) is 24.3 Å². The third kappa shape index (κ3) is 8.70. The molecule has 2 aliphatic rings. The molecule has 362 valence electrons. The molecule has 3 aromatic heterocycles. The average Bonchev–Trinajstić information content (AvgIpc) is 3.79. The van der Waals surface area contributed by atoms with E-state index in [1.165, 1.54) is 55.5 Å². The second kappa shape index (κ2) is 17.2. The standard InChI is InChI=1S/C44H35ClF8N8O6S2/c1-3-69(66,67)32-7-5-4-6-24(32)21-8-9-25-29(15-21)55-42(61(43(25)63)31-11-10-28(45)36-38(31)59(18-33(48)49)57-41(36)58-68(2,64)65)30(14-20-12-22(46)16-23(47)13-20)54-34(62)19-60-39-35(37(56-60)40(50)51)26-17-27(26)44(39,52)53/h4-13,15-16,26-27,30,33,40H,3,14,17-19H2,1-2H3,(H,54,62)(H,57,58)/t26-,27+,30-/m0/s1. The van der Waals surface area contributed by atoms with Crippen LogP contribution in [0, 0.1) is 17.6 Å². The molecule has 0 radical (unpaired) electrons. The van der Waals surface area contributed by atoms with E-state index in [0.29, 0.717) is 15.4 Å². The Labute approximate surface area is 390 Å². The predicted octanol–water partition coefficient (Wildman–Crippen LogP) is 8.21. The van der Waals surface area contributed by atoms with Gasteiger partial charge in [0.1, 0.15) is 41.9 Å². The fraction of sp³-hybridized carbons (Fsp3) is 0.295. The summed E-state index contributed by atoms with van der Waals surface area (Å²) in [4.78, 5) is 34.2. The Kier molecular flexibility index (Phi) is 11.9. The zero-order valence-corrected chi connectivity index (χ0v) is 38.1. The molecule has 0 spiro atoms. The zero-order valence-electron chi connectivity index (χ0n) is 35.7. The number of hydrogen-bond donors (Lipinski definition) is 2. The number of nitrogens with one attached hydrogen (secondary N) is 2. The van der Waals surface area contributed by atoms with Crippen molar-refractivity contribution in [2.45, 2.75) is 68.5 Å². The minimum absolute atomic E-state index is 0.0727. The summed E-state index contributed by atoms with van der Waals surface area (Å²) in [6.07, 6.45) is -6.40. The van der Waals surface area contributed by atoms with Crippen LogP contribution in [-0.2, 0) is 50.1 Å². The van der Waals surface area contributed by atoms with E-state index in [1.807, 2.05) is 0 Å². The van der Waals surface area contributed by atoms with Gasteiger partial charge in [-0.2, -0.15) is 19.0 Å². The molecule has 1 amide bonds. The first-order valence-corrected chi connectivity index (χ1v) is 24.7. The van der Waals surface area contributed by atoms with Gasteiger partial charge in [0.05, 0.1) is 55.5 Å². The molecule has 9 rings (SSSR count). The topological polar surface area (TPSA) is 180 Å². The molecule has 0 unspecified atom stereocenters. The molecular weight excluding hydrogens is 988 g/mol. The van der Waals surface area contributed by atoms with E-state index >= 15 is 13.6 Å². The number of alkyl halides is 6. The summed E-state index contributed by atoms with van der Waals surface area (Å²) in [5.41, 5.74) is -3.84. The van der Waals surface area contributed by atoms with Crippen molar-refractivity contribution in [3.8, 4) is 16.8 Å². The SMILES string of the molecule is CCS(=O)(=O)c1ccccc1-c1ccc2c(=O)n(-c3ccc(Cl)c4c(NS(C)(=O)=O)nn(CC(F)F)c34)c([C@H](Cc3cc(F)cc(F)c3)NC(=O)Cn3nc(C(F)F)c4c3C(F)(F)[C@@H]3C[C@H]43)nc2c1. The van der Waals surface area contributed by atoms with Gasteiger partial charge in [0.15, 0.2) is 15.7 Å². The molecular formula is C44H35ClF8N8O6S2. The van der Waals surface area contributed by atoms with Crippen molar-refractivity contribution >= 4 is 65.0 Å². The number of carbonyl (C=O) groups excluding carboxylic acids is 1. The number of carbonyl (C=O) groups is 1. The van der Waals surface area contributed by atoms with Gasteiger partial charge >= 0.3 is 0 Å². The fourth-order valence-corrected chi connectivity index (χ4v) is 10.9. The number of benzene rings is 4. The van der Waals surface area contributed by atoms with Crippen LogP contribution in [-0.4, -0.2) is 70.3 Å². The van der Waals surface area contributed by atoms with Gasteiger partial charge in [0.2, 0.25) is 15.9 Å². The summed E-state index contributed by atoms with van der Waals surface area (Å²) in [6, 6.07) is 12.9. The molecule has 69 heavy (non-hydrogen) atoms. The van der Waals surface area contributed by atoms with Crippen molar-refractivity contribution in [1.29, 1.82) is 0 Å². The number of anilines is 1. The van der Waals surface area contributed by atoms with E-state index in [9.17, 15) is 48.0 Å². The molecule has 25 heteroatoms. The molecule has 0 bridgehead atoms. The second-order valence-corrected chi connectivity index (χ2v) is 21.0. The van der Waals surface area contributed by atoms with Gasteiger partial charge in [-0.3, -0.25) is 28.2 Å². The van der Waals surface area contributed by atoms with Crippen molar-refractivity contribution in [2.24, 2.45) is 5.92 Å². The van der Waals surface area contributed by atoms with Crippen molar-refractivity contribution in [1.82, 2.24) is 34.4 Å². The first-order chi connectivity index (χ1) is 32.5. The normalized spacial score (nSPS) is 16.9. The molecule has 1 saturated carbocycles. The lowest BCUT2D eigenvalue weighted by Gasteiger charge is -2.24. The molecule has 7 aromatic rings. The van der Waals surface area contributed by atoms with Crippen LogP contribution < -0.4 is 15.6 Å². The molecule has 0 saturated heterocycles. The molecule has 2 N–H and O–H groups in total. The monoisotopic (exact) mass is 1020 g/mol. The number of halogens is 9. The lowest BCUT2D eigenvalue weighted by atomic mass is 10.0. The first-order valence-electron chi connectivity index (χ1n) is 20.8. The zero-order chi connectivity index (χ0) is 49.6. The lowest BCUT2D eigenvalue weighted by Crippen LogP contribution is -2.38. The first kappa shape index (κ1) is 47.7. The van der Waals surface area contributed by atoms with Crippen LogP contribution >= 0.6 is 11.6 Å². The highest BCUT2D eigenvalue weighted by Gasteiger charge is 2.67. The van der Waals surface area contributed by atoms with Crippen LogP contribution in [0.4, 0.5) is 40.9 Å². The van der Waals surface area contributed by atoms with Crippen LogP contribution in [0.15, 0.2) is 82.5 Å². The fourth-order valence-electron chi connectivity index (χ4n) is 9.05. The number of hydrogen-bond acceptors (Lipinski definition) is 9. The average molecular weight is 1020 g/mol. The largest absolute Gasteiger partial charge is 0.344 e. The minimum Gasteiger partial charge on any atom is -0.344 e. The predicted molar refractivity (Wildman–Crippen MR) is 236 cm³/mol. The Morgan fingerprint density at radius 1 is 0.942 bits per heavy atom. The van der Waals surface area contributed by atoms with Gasteiger partial charge in [-0.15, -0.1) is 0 Å². The molecule has 3 heterocycles. The quantitative estimate of drug-likeness (QED) is 0.0958. The Morgan fingerprint density at radius 2 is 1.65 bits per heavy atom. The summed E-state index contributed by atoms with van der Waals surface area (Å²) < 4.78 is 174. The Morgan fingerprint density at radius 3 is 2.32 bits per heavy atom. The van der Waals surface area contributed by atoms with Gasteiger partial charge in [-0.25, -0.2) is 48.2 Å². The number of rotatable bonds is 15. The Hall–Kier alpha value is -6.40. The van der Waals surface area contributed by atoms with Crippen LogP contribution in [0.5, 0.6) is 0 Å². The summed E-state index contributed by atoms with van der Waals surface area (Å²) in [5, 5.41) is 9.57. The molecule has 2 aliphatic carbocycles. The van der Waals surface area contributed by atoms with Crippen molar-refractivity contribution in [3.05, 3.63) is 128 Å². The minimum atomic E-state index is -4.17. The number of sulfonamides is 1. The number of amides is 1. The van der Waals surface area contributed by atoms with Crippen molar-refractivity contribution < 1.29 is 56.8 Å². The third-order valence-electron chi connectivity index (χ3n) is 11.9. The van der Waals surface area contributed by atoms with Gasteiger partial charge < -0.3 is 5.32 Å². The van der Waals surface area contributed by atoms with E-state index in [1.54, 1.807) is 6.07 Å². The van der Waals surface area contributed by atoms with Gasteiger partial charge in [-0.05, 0) is 65.9 Å². The van der Waals surface area contributed by atoms with Gasteiger partial charge in [-0.1, -0.05) is 42.8 Å². The molecule has 3 atom stereocenters. The summed E-state index contributed by atoms with van der Waals surface area (Å²) in [5.74, 6) is -10.5. The second-order valence-electron chi connectivity index (χ2n) is 16.6. The van der Waals surface area contributed by atoms with Crippen molar-refractivity contribution in [2.75, 3.05) is 16.7 Å². The van der Waals surface area contributed by atoms with Crippen molar-refractivity contribution in [3.63, 3.8) is 0 Å². The molecule has 14 nitrogen and oxygen atoms in total. The highest BCUT2D eigenvalue weighted by Crippen LogP contribution is 2.68. The number of fused-ring (bicyclic) bond motifs is 5. The van der Waals surface area contributed by atoms with E-state index < -0.39 is 122 Å². The number of aromatic nitrogens is 6. The Bertz CT molecular complexity index is 3550. The summed E-state index contributed by atoms with van der Waals surface area (Å²) >= 11 is 6.59. The summed E-state index contributed by atoms with van der Waals surface area (Å²) in [6.45, 7) is -0.877. The van der Waals surface area contributed by atoms with E-state index in [2.05, 4.69) is 20.2 Å². The Balaban J connectivity index is 1.30. The molecule has 1 fully saturated rings. The van der Waals surface area contributed by atoms with Crippen LogP contribution in [0.25, 0.3) is 38.6 Å². The highest BCUT2D eigenvalue weighted by molar-refractivity contribution is 7.92. The van der Waals surface area contributed by atoms with Crippen LogP contribution in [0.2, 0.25) is 5.02 Å². The third-order valence-corrected chi connectivity index (χ3v) is 14.6. The molecule has 4 aromatic carbocycles. The summed E-state index contributed by atoms with van der Waals surface area (Å²) in [7, 11) is -8.02. The van der Waals surface area contributed by atoms with E-state index in [-0.39, 0.29) is 71.8 Å². The maximum absolute atomic E-state index is 15.6. The number of nitrogens with zero attached hydrogens (tertiary/aromatic N) is 6. The maximum atomic E-state index is 15.6. The van der Waals surface area contributed by atoms with E-state index in [0.717, 1.165) is 23.0 Å². The van der Waals surface area contributed by atoms with Gasteiger partial charge in [0, 0.05) is 29.5 Å². The smallest absolute Gasteiger partial charge is 0.293 e. The van der Waals surface area contributed by atoms with Crippen LogP contribution in [0.3, 0.4) is 0 Å². The number of sulfone groups is 1.